The fourth-order valence-electron chi connectivity index (χ4n) is 1.93. The highest BCUT2D eigenvalue weighted by atomic mass is 79.9. The number of amidine groups is 1. The first-order chi connectivity index (χ1) is 9.19. The molecule has 1 saturated carbocycles. The Hall–Kier alpha value is -1.69. The van der Waals surface area contributed by atoms with Gasteiger partial charge in [0.1, 0.15) is 11.3 Å². The minimum Gasteiger partial charge on any atom is -0.484 e. The summed E-state index contributed by atoms with van der Waals surface area (Å²) in [4.78, 5) is 8.55. The van der Waals surface area contributed by atoms with E-state index in [0.717, 1.165) is 23.0 Å². The van der Waals surface area contributed by atoms with Gasteiger partial charge in [-0.15, -0.1) is 0 Å². The molecule has 19 heavy (non-hydrogen) atoms. The van der Waals surface area contributed by atoms with Gasteiger partial charge in [0.25, 0.3) is 0 Å². The molecule has 2 aromatic heterocycles. The van der Waals surface area contributed by atoms with E-state index in [1.807, 2.05) is 22.7 Å². The number of halogens is 1. The molecule has 2 aromatic rings. The van der Waals surface area contributed by atoms with E-state index < -0.39 is 0 Å². The van der Waals surface area contributed by atoms with Gasteiger partial charge in [-0.3, -0.25) is 9.81 Å². The topological polar surface area (TPSA) is 62.7 Å². The summed E-state index contributed by atoms with van der Waals surface area (Å²) >= 11 is 3.42. The molecule has 2 heterocycles. The first-order valence-electron chi connectivity index (χ1n) is 6.03. The van der Waals surface area contributed by atoms with E-state index in [0.29, 0.717) is 17.5 Å². The summed E-state index contributed by atoms with van der Waals surface area (Å²) < 4.78 is 8.03. The van der Waals surface area contributed by atoms with Gasteiger partial charge < -0.3 is 4.74 Å². The van der Waals surface area contributed by atoms with Gasteiger partial charge in [-0.1, -0.05) is 0 Å². The average molecular weight is 321 g/mol. The molecule has 0 aliphatic heterocycles. The van der Waals surface area contributed by atoms with Gasteiger partial charge in [0.15, 0.2) is 11.7 Å². The molecule has 3 rings (SSSR count). The highest BCUT2D eigenvalue weighted by Gasteiger charge is 2.29. The summed E-state index contributed by atoms with van der Waals surface area (Å²) in [6.45, 7) is 0. The van der Waals surface area contributed by atoms with Gasteiger partial charge in [-0.05, 0) is 40.9 Å². The normalized spacial score (nSPS) is 15.8. The molecule has 0 aromatic carbocycles. The lowest BCUT2D eigenvalue weighted by Gasteiger charge is -2.04. The number of hydrogen-bond acceptors (Lipinski definition) is 3. The van der Waals surface area contributed by atoms with Crippen LogP contribution in [0.5, 0.6) is 0 Å². The van der Waals surface area contributed by atoms with Gasteiger partial charge in [0.05, 0.1) is 13.3 Å². The maximum Gasteiger partial charge on any atom is 0.192 e. The third-order valence-electron chi connectivity index (χ3n) is 3.07. The van der Waals surface area contributed by atoms with Crippen LogP contribution in [-0.2, 0) is 4.74 Å². The van der Waals surface area contributed by atoms with E-state index in [1.54, 1.807) is 13.3 Å². The summed E-state index contributed by atoms with van der Waals surface area (Å²) in [5, 5.41) is 8.11. The molecule has 0 unspecified atom stereocenters. The van der Waals surface area contributed by atoms with Gasteiger partial charge in [0, 0.05) is 16.6 Å². The van der Waals surface area contributed by atoms with Crippen LogP contribution in [0, 0.1) is 11.3 Å². The number of methoxy groups -OCH3 is 1. The molecule has 0 bridgehead atoms. The lowest BCUT2D eigenvalue weighted by molar-refractivity contribution is 0.387. The monoisotopic (exact) mass is 320 g/mol. The minimum absolute atomic E-state index is 0.175. The van der Waals surface area contributed by atoms with Gasteiger partial charge in [0.2, 0.25) is 0 Å². The van der Waals surface area contributed by atoms with Gasteiger partial charge >= 0.3 is 0 Å². The smallest absolute Gasteiger partial charge is 0.192 e. The molecule has 1 fully saturated rings. The Kier molecular flexibility index (Phi) is 3.10. The van der Waals surface area contributed by atoms with Crippen molar-refractivity contribution in [3.63, 3.8) is 0 Å². The van der Waals surface area contributed by atoms with Crippen LogP contribution in [-0.4, -0.2) is 28.2 Å². The predicted octanol–water partition coefficient (Wildman–Crippen LogP) is 2.88. The van der Waals surface area contributed by atoms with E-state index in [2.05, 4.69) is 25.9 Å². The Bertz CT molecular complexity index is 672. The Balaban J connectivity index is 1.99. The van der Waals surface area contributed by atoms with E-state index in [9.17, 15) is 0 Å². The second-order valence-corrected chi connectivity index (χ2v) is 5.41. The van der Waals surface area contributed by atoms with Crippen LogP contribution in [0.15, 0.2) is 34.0 Å². The Morgan fingerprint density at radius 3 is 3.00 bits per heavy atom. The Morgan fingerprint density at radius 2 is 2.32 bits per heavy atom. The quantitative estimate of drug-likeness (QED) is 0.683. The zero-order valence-corrected chi connectivity index (χ0v) is 12.0. The predicted molar refractivity (Wildman–Crippen MR) is 76.9 cm³/mol. The van der Waals surface area contributed by atoms with Crippen LogP contribution in [0.3, 0.4) is 0 Å². The molecule has 1 aliphatic carbocycles. The number of rotatable bonds is 2. The molecular formula is C13H13BrN4O. The third kappa shape index (κ3) is 2.40. The van der Waals surface area contributed by atoms with E-state index in [4.69, 9.17) is 10.1 Å². The van der Waals surface area contributed by atoms with Crippen molar-refractivity contribution in [2.45, 2.75) is 12.8 Å². The maximum absolute atomic E-state index is 8.11. The zero-order chi connectivity index (χ0) is 13.4. The number of hydrogen-bond donors (Lipinski definition) is 1. The van der Waals surface area contributed by atoms with Crippen molar-refractivity contribution in [3.05, 3.63) is 34.7 Å². The minimum atomic E-state index is 0.175. The molecule has 0 radical (unpaired) electrons. The van der Waals surface area contributed by atoms with Crippen LogP contribution in [0.4, 0.5) is 0 Å². The molecule has 1 N–H and O–H groups in total. The summed E-state index contributed by atoms with van der Waals surface area (Å²) in [5.74, 6) is 1.21. The number of ether oxygens (including phenoxy) is 1. The number of nitrogens with zero attached hydrogens (tertiary/aromatic N) is 3. The molecule has 98 valence electrons. The van der Waals surface area contributed by atoms with Crippen molar-refractivity contribution in [2.75, 3.05) is 7.11 Å². The van der Waals surface area contributed by atoms with Crippen molar-refractivity contribution in [1.29, 1.82) is 5.41 Å². The van der Waals surface area contributed by atoms with Crippen molar-refractivity contribution in [1.82, 2.24) is 9.38 Å². The van der Waals surface area contributed by atoms with E-state index in [1.165, 1.54) is 0 Å². The number of aliphatic imine (C=N–C) groups is 1. The summed E-state index contributed by atoms with van der Waals surface area (Å²) in [7, 11) is 1.61. The fraction of sp³-hybridized carbons (Fsp3) is 0.308. The molecule has 0 amide bonds. The van der Waals surface area contributed by atoms with Crippen molar-refractivity contribution < 1.29 is 4.74 Å². The third-order valence-corrected chi connectivity index (χ3v) is 3.54. The summed E-state index contributed by atoms with van der Waals surface area (Å²) in [6, 6.07) is 3.81. The van der Waals surface area contributed by atoms with Crippen molar-refractivity contribution in [2.24, 2.45) is 10.9 Å². The van der Waals surface area contributed by atoms with Crippen molar-refractivity contribution >= 4 is 33.3 Å². The Labute approximate surface area is 119 Å². The highest BCUT2D eigenvalue weighted by Crippen LogP contribution is 2.31. The second-order valence-electron chi connectivity index (χ2n) is 4.50. The fourth-order valence-corrected chi connectivity index (χ4v) is 2.27. The summed E-state index contributed by atoms with van der Waals surface area (Å²) in [6.07, 6.45) is 5.73. The molecule has 1 aliphatic rings. The number of nitrogens with one attached hydrogen (secondary N) is 1. The van der Waals surface area contributed by atoms with Crippen LogP contribution >= 0.6 is 15.9 Å². The average Bonchev–Trinajstić information content (AvgIpc) is 3.15. The second kappa shape index (κ2) is 4.77. The van der Waals surface area contributed by atoms with Gasteiger partial charge in [-0.2, -0.15) is 4.99 Å². The highest BCUT2D eigenvalue weighted by molar-refractivity contribution is 9.10. The number of imidazole rings is 1. The molecular weight excluding hydrogens is 308 g/mol. The molecule has 5 nitrogen and oxygen atoms in total. The van der Waals surface area contributed by atoms with Crippen LogP contribution in [0.25, 0.3) is 5.65 Å². The number of fused-ring (bicyclic) bond motifs is 1. The van der Waals surface area contributed by atoms with Crippen LogP contribution in [0.1, 0.15) is 18.5 Å². The zero-order valence-electron chi connectivity index (χ0n) is 10.4. The van der Waals surface area contributed by atoms with E-state index >= 15 is 0 Å². The largest absolute Gasteiger partial charge is 0.484 e. The number of aromatic nitrogens is 2. The molecule has 0 atom stereocenters. The Morgan fingerprint density at radius 1 is 1.53 bits per heavy atom. The first kappa shape index (κ1) is 12.3. The molecule has 0 spiro atoms. The van der Waals surface area contributed by atoms with Gasteiger partial charge in [-0.25, -0.2) is 4.98 Å². The first-order valence-corrected chi connectivity index (χ1v) is 6.82. The van der Waals surface area contributed by atoms with Crippen LogP contribution < -0.4 is 0 Å². The SMILES string of the molecule is CO/C(=N\C(=N)c1cnc2ccc(Br)cn12)C1CC1. The van der Waals surface area contributed by atoms with E-state index in [-0.39, 0.29) is 5.84 Å². The molecule has 6 heteroatoms. The van der Waals surface area contributed by atoms with Crippen molar-refractivity contribution in [3.8, 4) is 0 Å². The molecule has 0 saturated heterocycles. The van der Waals surface area contributed by atoms with Crippen LogP contribution in [0.2, 0.25) is 0 Å². The number of pyridine rings is 1. The maximum atomic E-state index is 8.11. The standard InChI is InChI=1S/C13H13BrN4O/c1-19-13(8-2-3-8)17-12(15)10-6-16-11-5-4-9(14)7-18(10)11/h4-8,15H,2-3H2,1H3/b15-12?,17-13-. The summed E-state index contributed by atoms with van der Waals surface area (Å²) in [5.41, 5.74) is 1.45. The lowest BCUT2D eigenvalue weighted by atomic mass is 10.4. The lowest BCUT2D eigenvalue weighted by Crippen LogP contribution is -2.09.